The first kappa shape index (κ1) is 18.3. The van der Waals surface area contributed by atoms with E-state index < -0.39 is 9.84 Å². The van der Waals surface area contributed by atoms with Crippen LogP contribution in [0.3, 0.4) is 0 Å². The summed E-state index contributed by atoms with van der Waals surface area (Å²) in [6.07, 6.45) is 3.54. The van der Waals surface area contributed by atoms with Crippen molar-refractivity contribution in [2.24, 2.45) is 0 Å². The molecule has 0 radical (unpaired) electrons. The van der Waals surface area contributed by atoms with Gasteiger partial charge in [0, 0.05) is 17.5 Å². The van der Waals surface area contributed by atoms with Gasteiger partial charge in [0.05, 0.1) is 16.7 Å². The Morgan fingerprint density at radius 3 is 2.32 bits per heavy atom. The minimum Gasteiger partial charge on any atom is -0.508 e. The van der Waals surface area contributed by atoms with Crippen LogP contribution in [0.15, 0.2) is 90.0 Å². The van der Waals surface area contributed by atoms with Crippen LogP contribution in [0.4, 0.5) is 5.69 Å². The maximum absolute atomic E-state index is 12.6. The van der Waals surface area contributed by atoms with Gasteiger partial charge < -0.3 is 10.0 Å². The van der Waals surface area contributed by atoms with Gasteiger partial charge in [-0.1, -0.05) is 48.5 Å². The minimum atomic E-state index is -3.46. The summed E-state index contributed by atoms with van der Waals surface area (Å²) in [5.74, 6) is -0.0583. The van der Waals surface area contributed by atoms with Gasteiger partial charge >= 0.3 is 0 Å². The molecule has 3 aromatic rings. The molecule has 0 spiro atoms. The molecule has 5 heteroatoms. The number of anilines is 1. The monoisotopic (exact) mass is 391 g/mol. The molecule has 0 saturated heterocycles. The largest absolute Gasteiger partial charge is 0.508 e. The fourth-order valence-electron chi connectivity index (χ4n) is 3.63. The maximum atomic E-state index is 12.6. The summed E-state index contributed by atoms with van der Waals surface area (Å²) in [6.45, 7) is 2.12. The lowest BCUT2D eigenvalue weighted by Crippen LogP contribution is -2.25. The van der Waals surface area contributed by atoms with Crippen molar-refractivity contribution >= 4 is 15.5 Å². The summed E-state index contributed by atoms with van der Waals surface area (Å²) in [5, 5.41) is 9.36. The zero-order valence-corrected chi connectivity index (χ0v) is 16.3. The van der Waals surface area contributed by atoms with Crippen LogP contribution in [0.25, 0.3) is 11.1 Å². The number of fused-ring (bicyclic) bond motifs is 3. The zero-order chi connectivity index (χ0) is 19.7. The summed E-state index contributed by atoms with van der Waals surface area (Å²) < 4.78 is 25.1. The van der Waals surface area contributed by atoms with Crippen LogP contribution in [0, 0.1) is 0 Å². The van der Waals surface area contributed by atoms with E-state index in [2.05, 4.69) is 36.1 Å². The van der Waals surface area contributed by atoms with Gasteiger partial charge in [-0.3, -0.25) is 0 Å². The molecular formula is C23H21NO3S. The number of benzene rings is 3. The van der Waals surface area contributed by atoms with Gasteiger partial charge in [-0.2, -0.15) is 0 Å². The maximum Gasteiger partial charge on any atom is 0.181 e. The molecule has 4 nitrogen and oxygen atoms in total. The van der Waals surface area contributed by atoms with Crippen LogP contribution >= 0.6 is 0 Å². The number of para-hydroxylation sites is 1. The van der Waals surface area contributed by atoms with Crippen molar-refractivity contribution in [2.45, 2.75) is 17.9 Å². The highest BCUT2D eigenvalue weighted by Gasteiger charge is 2.26. The number of phenols is 1. The lowest BCUT2D eigenvalue weighted by atomic mass is 9.89. The summed E-state index contributed by atoms with van der Waals surface area (Å²) >= 11 is 0. The third-order valence-corrected chi connectivity index (χ3v) is 6.70. The first-order chi connectivity index (χ1) is 13.5. The van der Waals surface area contributed by atoms with Crippen molar-refractivity contribution in [3.63, 3.8) is 0 Å². The van der Waals surface area contributed by atoms with E-state index in [1.165, 1.54) is 35.4 Å². The molecule has 142 valence electrons. The average molecular weight is 391 g/mol. The number of nitrogens with zero attached hydrogens (tertiary/aromatic N) is 1. The van der Waals surface area contributed by atoms with Crippen LogP contribution in [-0.2, 0) is 9.84 Å². The second-order valence-corrected chi connectivity index (χ2v) is 8.88. The molecule has 1 aliphatic rings. The molecule has 1 aliphatic heterocycles. The van der Waals surface area contributed by atoms with Gasteiger partial charge in [0.1, 0.15) is 5.75 Å². The summed E-state index contributed by atoms with van der Waals surface area (Å²) in [7, 11) is -3.46. The zero-order valence-electron chi connectivity index (χ0n) is 15.5. The Kier molecular flexibility index (Phi) is 4.69. The van der Waals surface area contributed by atoms with E-state index in [0.29, 0.717) is 0 Å². The van der Waals surface area contributed by atoms with E-state index >= 15 is 0 Å². The molecule has 1 atom stereocenters. The summed E-state index contributed by atoms with van der Waals surface area (Å²) in [4.78, 5) is 2.32. The van der Waals surface area contributed by atoms with Gasteiger partial charge in [0.15, 0.2) is 9.84 Å². The summed E-state index contributed by atoms with van der Waals surface area (Å²) in [5.41, 5.74) is 4.63. The molecule has 28 heavy (non-hydrogen) atoms. The number of phenolic OH excluding ortho intramolecular Hbond substituents is 1. The molecule has 1 unspecified atom stereocenters. The standard InChI is InChI=1S/C23H21NO3S/c1-17-20-7-2-3-8-21(20)22-9-4-5-10-23(22)24(17)15-6-16-28(26,27)19-13-11-18(25)12-14-19/h2-15,17,25H,16H2,1H3. The Morgan fingerprint density at radius 1 is 0.929 bits per heavy atom. The molecular weight excluding hydrogens is 370 g/mol. The van der Waals surface area contributed by atoms with Crippen molar-refractivity contribution in [1.82, 2.24) is 0 Å². The van der Waals surface area contributed by atoms with Crippen LogP contribution < -0.4 is 4.90 Å². The smallest absolute Gasteiger partial charge is 0.181 e. The Bertz CT molecular complexity index is 1130. The van der Waals surface area contributed by atoms with Crippen molar-refractivity contribution in [3.8, 4) is 16.9 Å². The van der Waals surface area contributed by atoms with Gasteiger partial charge in [-0.25, -0.2) is 8.42 Å². The molecule has 1 N–H and O–H groups in total. The average Bonchev–Trinajstić information content (AvgIpc) is 2.71. The Balaban J connectivity index is 1.64. The Labute approximate surface area is 165 Å². The van der Waals surface area contributed by atoms with Gasteiger partial charge in [0.25, 0.3) is 0 Å². The van der Waals surface area contributed by atoms with Crippen molar-refractivity contribution in [1.29, 1.82) is 0 Å². The Hall–Kier alpha value is -3.05. The van der Waals surface area contributed by atoms with E-state index in [1.54, 1.807) is 6.08 Å². The topological polar surface area (TPSA) is 57.6 Å². The highest BCUT2D eigenvalue weighted by molar-refractivity contribution is 7.91. The fourth-order valence-corrected chi connectivity index (χ4v) is 4.72. The number of rotatable bonds is 4. The normalized spacial score (nSPS) is 16.0. The highest BCUT2D eigenvalue weighted by atomic mass is 32.2. The molecule has 0 aliphatic carbocycles. The third kappa shape index (κ3) is 3.29. The Morgan fingerprint density at radius 2 is 1.57 bits per heavy atom. The molecule has 3 aromatic carbocycles. The van der Waals surface area contributed by atoms with Crippen molar-refractivity contribution in [3.05, 3.63) is 90.6 Å². The molecule has 4 rings (SSSR count). The predicted molar refractivity (Wildman–Crippen MR) is 112 cm³/mol. The minimum absolute atomic E-state index is 0.0481. The first-order valence-corrected chi connectivity index (χ1v) is 10.8. The molecule has 0 saturated carbocycles. The number of aromatic hydroxyl groups is 1. The molecule has 0 amide bonds. The van der Waals surface area contributed by atoms with E-state index in [9.17, 15) is 13.5 Å². The van der Waals surface area contributed by atoms with E-state index in [0.717, 1.165) is 11.3 Å². The summed E-state index contributed by atoms with van der Waals surface area (Å²) in [6, 6.07) is 22.2. The van der Waals surface area contributed by atoms with E-state index in [4.69, 9.17) is 0 Å². The highest BCUT2D eigenvalue weighted by Crippen LogP contribution is 2.44. The molecule has 0 bridgehead atoms. The SMILES string of the molecule is CC1c2ccccc2-c2ccccc2N1C=CCS(=O)(=O)c1ccc(O)cc1. The van der Waals surface area contributed by atoms with Gasteiger partial charge in [-0.15, -0.1) is 0 Å². The number of sulfone groups is 1. The van der Waals surface area contributed by atoms with Crippen LogP contribution in [-0.4, -0.2) is 19.3 Å². The third-order valence-electron chi connectivity index (χ3n) is 5.08. The lowest BCUT2D eigenvalue weighted by molar-refractivity contribution is 0.475. The van der Waals surface area contributed by atoms with Crippen LogP contribution in [0.1, 0.15) is 18.5 Å². The second kappa shape index (κ2) is 7.17. The van der Waals surface area contributed by atoms with Crippen molar-refractivity contribution < 1.29 is 13.5 Å². The van der Waals surface area contributed by atoms with E-state index in [1.807, 2.05) is 30.5 Å². The lowest BCUT2D eigenvalue weighted by Gasteiger charge is -2.36. The van der Waals surface area contributed by atoms with Crippen LogP contribution in [0.5, 0.6) is 5.75 Å². The van der Waals surface area contributed by atoms with Gasteiger partial charge in [-0.05, 0) is 48.4 Å². The molecule has 0 fully saturated rings. The second-order valence-electron chi connectivity index (χ2n) is 6.85. The number of hydrogen-bond donors (Lipinski definition) is 1. The number of hydrogen-bond acceptors (Lipinski definition) is 4. The first-order valence-electron chi connectivity index (χ1n) is 9.12. The van der Waals surface area contributed by atoms with Gasteiger partial charge in [0.2, 0.25) is 0 Å². The van der Waals surface area contributed by atoms with E-state index in [-0.39, 0.29) is 22.4 Å². The quantitative estimate of drug-likeness (QED) is 0.685. The molecule has 1 heterocycles. The van der Waals surface area contributed by atoms with Crippen molar-refractivity contribution in [2.75, 3.05) is 10.7 Å². The molecule has 0 aromatic heterocycles. The predicted octanol–water partition coefficient (Wildman–Crippen LogP) is 4.93. The fraction of sp³-hybridized carbons (Fsp3) is 0.130. The van der Waals surface area contributed by atoms with Crippen LogP contribution in [0.2, 0.25) is 0 Å².